The SMILES string of the molecule is CC(=O)NCCc1ccc(C(=O)CSc2ncc(-c3ccccc3)[nH]2)cc1. The molecule has 0 saturated carbocycles. The van der Waals surface area contributed by atoms with Crippen LogP contribution in [-0.2, 0) is 11.2 Å². The zero-order chi connectivity index (χ0) is 19.1. The molecule has 3 aromatic rings. The van der Waals surface area contributed by atoms with Crippen LogP contribution in [0.3, 0.4) is 0 Å². The maximum absolute atomic E-state index is 12.4. The number of thioether (sulfide) groups is 1. The van der Waals surface area contributed by atoms with Gasteiger partial charge in [-0.3, -0.25) is 9.59 Å². The molecule has 1 heterocycles. The Bertz CT molecular complexity index is 905. The molecule has 0 atom stereocenters. The van der Waals surface area contributed by atoms with Crippen LogP contribution in [0.15, 0.2) is 66.0 Å². The molecule has 2 N–H and O–H groups in total. The number of aromatic nitrogens is 2. The van der Waals surface area contributed by atoms with Crippen LogP contribution in [-0.4, -0.2) is 34.0 Å². The molecular weight excluding hydrogens is 358 g/mol. The predicted octanol–water partition coefficient (Wildman–Crippen LogP) is 3.73. The summed E-state index contributed by atoms with van der Waals surface area (Å²) in [5.41, 5.74) is 3.78. The second-order valence-corrected chi connectivity index (χ2v) is 7.07. The fraction of sp³-hybridized carbons (Fsp3) is 0.190. The second kappa shape index (κ2) is 9.19. The number of amides is 1. The van der Waals surface area contributed by atoms with Crippen LogP contribution in [0, 0.1) is 0 Å². The quantitative estimate of drug-likeness (QED) is 0.462. The molecule has 0 saturated heterocycles. The first-order valence-corrected chi connectivity index (χ1v) is 9.70. The smallest absolute Gasteiger partial charge is 0.216 e. The standard InChI is InChI=1S/C21H21N3O2S/c1-15(25)22-12-11-16-7-9-18(10-8-16)20(26)14-27-21-23-13-19(24-21)17-5-3-2-4-6-17/h2-10,13H,11-12,14H2,1H3,(H,22,25)(H,23,24). The summed E-state index contributed by atoms with van der Waals surface area (Å²) in [6.45, 7) is 2.10. The van der Waals surface area contributed by atoms with Crippen molar-refractivity contribution in [3.8, 4) is 11.3 Å². The van der Waals surface area contributed by atoms with Crippen molar-refractivity contribution in [1.82, 2.24) is 15.3 Å². The zero-order valence-corrected chi connectivity index (χ0v) is 15.9. The number of rotatable bonds is 8. The van der Waals surface area contributed by atoms with Gasteiger partial charge in [0.05, 0.1) is 17.6 Å². The molecule has 138 valence electrons. The van der Waals surface area contributed by atoms with Gasteiger partial charge < -0.3 is 10.3 Å². The van der Waals surface area contributed by atoms with Gasteiger partial charge in [-0.25, -0.2) is 4.98 Å². The Morgan fingerprint density at radius 1 is 1.07 bits per heavy atom. The van der Waals surface area contributed by atoms with Gasteiger partial charge in [0, 0.05) is 19.0 Å². The summed E-state index contributed by atoms with van der Waals surface area (Å²) in [5.74, 6) is 0.353. The van der Waals surface area contributed by atoms with Crippen LogP contribution in [0.25, 0.3) is 11.3 Å². The zero-order valence-electron chi connectivity index (χ0n) is 15.1. The number of hydrogen-bond acceptors (Lipinski definition) is 4. The van der Waals surface area contributed by atoms with Crippen molar-refractivity contribution in [2.75, 3.05) is 12.3 Å². The Morgan fingerprint density at radius 3 is 2.52 bits per heavy atom. The van der Waals surface area contributed by atoms with Crippen LogP contribution >= 0.6 is 11.8 Å². The number of H-pyrrole nitrogens is 1. The van der Waals surface area contributed by atoms with Gasteiger partial charge in [-0.15, -0.1) is 0 Å². The van der Waals surface area contributed by atoms with E-state index in [2.05, 4.69) is 15.3 Å². The number of aromatic amines is 1. The molecule has 1 amide bonds. The van der Waals surface area contributed by atoms with E-state index in [0.29, 0.717) is 17.9 Å². The minimum atomic E-state index is -0.0350. The Labute approximate surface area is 162 Å². The molecule has 0 spiro atoms. The lowest BCUT2D eigenvalue weighted by molar-refractivity contribution is -0.118. The molecule has 0 aliphatic rings. The minimum absolute atomic E-state index is 0.0350. The summed E-state index contributed by atoms with van der Waals surface area (Å²) in [7, 11) is 0. The summed E-state index contributed by atoms with van der Waals surface area (Å²) in [4.78, 5) is 30.9. The van der Waals surface area contributed by atoms with Gasteiger partial charge in [0.2, 0.25) is 5.91 Å². The van der Waals surface area contributed by atoms with E-state index in [1.54, 1.807) is 6.20 Å². The first-order chi connectivity index (χ1) is 13.1. The number of hydrogen-bond donors (Lipinski definition) is 2. The molecule has 0 radical (unpaired) electrons. The highest BCUT2D eigenvalue weighted by molar-refractivity contribution is 7.99. The van der Waals surface area contributed by atoms with Gasteiger partial charge in [-0.2, -0.15) is 0 Å². The van der Waals surface area contributed by atoms with Crippen molar-refractivity contribution in [2.45, 2.75) is 18.5 Å². The molecular formula is C21H21N3O2S. The van der Waals surface area contributed by atoms with E-state index in [-0.39, 0.29) is 11.7 Å². The molecule has 3 rings (SSSR count). The van der Waals surface area contributed by atoms with Crippen molar-refractivity contribution < 1.29 is 9.59 Å². The average Bonchev–Trinajstić information content (AvgIpc) is 3.16. The molecule has 2 aromatic carbocycles. The average molecular weight is 379 g/mol. The summed E-state index contributed by atoms with van der Waals surface area (Å²) >= 11 is 1.40. The van der Waals surface area contributed by atoms with Gasteiger partial charge in [-0.1, -0.05) is 66.4 Å². The summed E-state index contributed by atoms with van der Waals surface area (Å²) in [5, 5.41) is 3.49. The van der Waals surface area contributed by atoms with Gasteiger partial charge in [0.25, 0.3) is 0 Å². The molecule has 0 aliphatic carbocycles. The van der Waals surface area contributed by atoms with E-state index >= 15 is 0 Å². The molecule has 0 aliphatic heterocycles. The third-order valence-electron chi connectivity index (χ3n) is 4.04. The Morgan fingerprint density at radius 2 is 1.81 bits per heavy atom. The fourth-order valence-electron chi connectivity index (χ4n) is 2.60. The van der Waals surface area contributed by atoms with E-state index in [1.807, 2.05) is 54.6 Å². The van der Waals surface area contributed by atoms with E-state index in [9.17, 15) is 9.59 Å². The minimum Gasteiger partial charge on any atom is -0.356 e. The van der Waals surface area contributed by atoms with E-state index in [1.165, 1.54) is 18.7 Å². The first kappa shape index (κ1) is 18.9. The van der Waals surface area contributed by atoms with Gasteiger partial charge in [0.1, 0.15) is 0 Å². The summed E-state index contributed by atoms with van der Waals surface area (Å²) in [6.07, 6.45) is 2.53. The van der Waals surface area contributed by atoms with Crippen LogP contribution in [0.1, 0.15) is 22.8 Å². The van der Waals surface area contributed by atoms with Gasteiger partial charge in [0.15, 0.2) is 10.9 Å². The summed E-state index contributed by atoms with van der Waals surface area (Å²) in [6, 6.07) is 17.5. The molecule has 0 fully saturated rings. The molecule has 27 heavy (non-hydrogen) atoms. The fourth-order valence-corrected chi connectivity index (χ4v) is 3.34. The van der Waals surface area contributed by atoms with Crippen molar-refractivity contribution in [3.05, 3.63) is 71.9 Å². The number of benzene rings is 2. The normalized spacial score (nSPS) is 10.6. The van der Waals surface area contributed by atoms with E-state index in [0.717, 1.165) is 28.4 Å². The Kier molecular flexibility index (Phi) is 6.44. The highest BCUT2D eigenvalue weighted by Crippen LogP contribution is 2.22. The number of carbonyl (C=O) groups is 2. The molecule has 0 bridgehead atoms. The number of imidazole rings is 1. The molecule has 1 aromatic heterocycles. The van der Waals surface area contributed by atoms with Crippen molar-refractivity contribution >= 4 is 23.5 Å². The van der Waals surface area contributed by atoms with Crippen molar-refractivity contribution in [3.63, 3.8) is 0 Å². The molecule has 6 heteroatoms. The lowest BCUT2D eigenvalue weighted by Crippen LogP contribution is -2.22. The number of carbonyl (C=O) groups excluding carboxylic acids is 2. The van der Waals surface area contributed by atoms with Crippen LogP contribution in [0.5, 0.6) is 0 Å². The van der Waals surface area contributed by atoms with Crippen LogP contribution in [0.4, 0.5) is 0 Å². The topological polar surface area (TPSA) is 74.8 Å². The first-order valence-electron chi connectivity index (χ1n) is 8.71. The Balaban J connectivity index is 1.52. The highest BCUT2D eigenvalue weighted by Gasteiger charge is 2.09. The third-order valence-corrected chi connectivity index (χ3v) is 4.93. The van der Waals surface area contributed by atoms with E-state index in [4.69, 9.17) is 0 Å². The largest absolute Gasteiger partial charge is 0.356 e. The van der Waals surface area contributed by atoms with Crippen molar-refractivity contribution in [1.29, 1.82) is 0 Å². The maximum atomic E-state index is 12.4. The highest BCUT2D eigenvalue weighted by atomic mass is 32.2. The van der Waals surface area contributed by atoms with Gasteiger partial charge in [-0.05, 0) is 17.5 Å². The van der Waals surface area contributed by atoms with Crippen LogP contribution in [0.2, 0.25) is 0 Å². The lowest BCUT2D eigenvalue weighted by atomic mass is 10.1. The number of nitrogens with one attached hydrogen (secondary N) is 2. The van der Waals surface area contributed by atoms with Crippen LogP contribution < -0.4 is 5.32 Å². The lowest BCUT2D eigenvalue weighted by Gasteiger charge is -2.04. The number of ketones is 1. The monoisotopic (exact) mass is 379 g/mol. The van der Waals surface area contributed by atoms with Gasteiger partial charge >= 0.3 is 0 Å². The third kappa shape index (κ3) is 5.56. The van der Waals surface area contributed by atoms with E-state index < -0.39 is 0 Å². The molecule has 5 nitrogen and oxygen atoms in total. The molecule has 0 unspecified atom stereocenters. The number of nitrogens with zero attached hydrogens (tertiary/aromatic N) is 1. The predicted molar refractivity (Wildman–Crippen MR) is 108 cm³/mol. The number of Topliss-reactive ketones (excluding diaryl/α,β-unsaturated/α-hetero) is 1. The maximum Gasteiger partial charge on any atom is 0.216 e. The van der Waals surface area contributed by atoms with Crippen molar-refractivity contribution in [2.24, 2.45) is 0 Å². The Hall–Kier alpha value is -2.86. The summed E-state index contributed by atoms with van der Waals surface area (Å²) < 4.78 is 0. The second-order valence-electron chi connectivity index (χ2n) is 6.11.